The van der Waals surface area contributed by atoms with E-state index in [0.29, 0.717) is 0 Å². The van der Waals surface area contributed by atoms with Gasteiger partial charge in [-0.15, -0.1) is 0 Å². The molecule has 0 unspecified atom stereocenters. The van der Waals surface area contributed by atoms with Crippen molar-refractivity contribution in [2.75, 3.05) is 0 Å². The van der Waals surface area contributed by atoms with Crippen molar-refractivity contribution in [1.82, 2.24) is 4.98 Å². The Morgan fingerprint density at radius 3 is 2.69 bits per heavy atom. The summed E-state index contributed by atoms with van der Waals surface area (Å²) in [6, 6.07) is 0. The van der Waals surface area contributed by atoms with Gasteiger partial charge in [0.05, 0.1) is 10.2 Å². The van der Waals surface area contributed by atoms with Crippen LogP contribution in [0.2, 0.25) is 5.15 Å². The van der Waals surface area contributed by atoms with E-state index in [1.807, 2.05) is 0 Å². The Bertz CT molecular complexity index is 357. The highest BCUT2D eigenvalue weighted by molar-refractivity contribution is 9.10. The number of aryl methyl sites for hydroxylation is 1. The SMILES string of the molecule is Cc1nc(Cl)c(Br)c(C(=O)O)c1F. The normalized spacial score (nSPS) is 10.2. The van der Waals surface area contributed by atoms with Crippen LogP contribution in [0, 0.1) is 12.7 Å². The zero-order valence-corrected chi connectivity index (χ0v) is 8.78. The molecule has 0 atom stereocenters. The lowest BCUT2D eigenvalue weighted by Gasteiger charge is -2.04. The topological polar surface area (TPSA) is 50.2 Å². The number of carbonyl (C=O) groups is 1. The molecule has 0 aliphatic heterocycles. The Morgan fingerprint density at radius 1 is 1.69 bits per heavy atom. The first-order valence-corrected chi connectivity index (χ1v) is 4.36. The van der Waals surface area contributed by atoms with Gasteiger partial charge in [0.2, 0.25) is 0 Å². The number of hydrogen-bond acceptors (Lipinski definition) is 2. The zero-order valence-electron chi connectivity index (χ0n) is 6.44. The molecule has 6 heteroatoms. The van der Waals surface area contributed by atoms with Crippen LogP contribution in [-0.2, 0) is 0 Å². The predicted molar refractivity (Wildman–Crippen MR) is 48.6 cm³/mol. The fourth-order valence-corrected chi connectivity index (χ4v) is 1.47. The van der Waals surface area contributed by atoms with E-state index in [0.717, 1.165) is 0 Å². The molecule has 0 bridgehead atoms. The average molecular weight is 268 g/mol. The van der Waals surface area contributed by atoms with Crippen LogP contribution < -0.4 is 0 Å². The van der Waals surface area contributed by atoms with Crippen molar-refractivity contribution in [3.63, 3.8) is 0 Å². The molecule has 1 aromatic heterocycles. The summed E-state index contributed by atoms with van der Waals surface area (Å²) in [4.78, 5) is 14.2. The lowest BCUT2D eigenvalue weighted by Crippen LogP contribution is -2.06. The number of carboxylic acid groups (broad SMARTS) is 1. The van der Waals surface area contributed by atoms with E-state index in [4.69, 9.17) is 16.7 Å². The van der Waals surface area contributed by atoms with E-state index in [1.165, 1.54) is 6.92 Å². The molecular weight excluding hydrogens is 264 g/mol. The van der Waals surface area contributed by atoms with Gasteiger partial charge in [-0.3, -0.25) is 0 Å². The average Bonchev–Trinajstić information content (AvgIpc) is 2.01. The minimum Gasteiger partial charge on any atom is -0.478 e. The van der Waals surface area contributed by atoms with Gasteiger partial charge >= 0.3 is 5.97 Å². The first kappa shape index (κ1) is 10.4. The van der Waals surface area contributed by atoms with Gasteiger partial charge < -0.3 is 5.11 Å². The van der Waals surface area contributed by atoms with E-state index in [1.54, 1.807) is 0 Å². The van der Waals surface area contributed by atoms with Crippen LogP contribution in [0.3, 0.4) is 0 Å². The van der Waals surface area contributed by atoms with Crippen molar-refractivity contribution >= 4 is 33.5 Å². The van der Waals surface area contributed by atoms with Crippen LogP contribution in [0.15, 0.2) is 4.47 Å². The Balaban J connectivity index is 3.56. The number of nitrogens with zero attached hydrogens (tertiary/aromatic N) is 1. The van der Waals surface area contributed by atoms with Gasteiger partial charge in [-0.1, -0.05) is 11.6 Å². The van der Waals surface area contributed by atoms with Gasteiger partial charge in [-0.05, 0) is 22.9 Å². The number of halogens is 3. The monoisotopic (exact) mass is 267 g/mol. The number of pyridine rings is 1. The highest BCUT2D eigenvalue weighted by atomic mass is 79.9. The predicted octanol–water partition coefficient (Wildman–Crippen LogP) is 2.64. The quantitative estimate of drug-likeness (QED) is 0.797. The summed E-state index contributed by atoms with van der Waals surface area (Å²) in [5.41, 5.74) is -0.525. The van der Waals surface area contributed by atoms with Crippen molar-refractivity contribution in [2.24, 2.45) is 0 Å². The molecule has 0 aliphatic rings. The lowest BCUT2D eigenvalue weighted by molar-refractivity contribution is 0.0690. The Labute approximate surface area is 86.7 Å². The Kier molecular flexibility index (Phi) is 2.87. The number of aromatic nitrogens is 1. The maximum absolute atomic E-state index is 13.2. The zero-order chi connectivity index (χ0) is 10.2. The summed E-state index contributed by atoms with van der Waals surface area (Å²) in [5.74, 6) is -2.25. The molecule has 13 heavy (non-hydrogen) atoms. The molecule has 0 fully saturated rings. The minimum absolute atomic E-state index is 0.0365. The first-order valence-electron chi connectivity index (χ1n) is 3.19. The molecule has 0 spiro atoms. The van der Waals surface area contributed by atoms with E-state index >= 15 is 0 Å². The third-order valence-corrected chi connectivity index (χ3v) is 2.69. The summed E-state index contributed by atoms with van der Waals surface area (Å²) in [6.07, 6.45) is 0. The summed E-state index contributed by atoms with van der Waals surface area (Å²) >= 11 is 8.40. The maximum Gasteiger partial charge on any atom is 0.340 e. The van der Waals surface area contributed by atoms with Gasteiger partial charge in [0.15, 0.2) is 5.82 Å². The summed E-state index contributed by atoms with van der Waals surface area (Å²) in [7, 11) is 0. The molecule has 0 amide bonds. The molecule has 0 saturated heterocycles. The van der Waals surface area contributed by atoms with Crippen LogP contribution in [0.4, 0.5) is 4.39 Å². The Morgan fingerprint density at radius 2 is 2.23 bits per heavy atom. The molecular formula is C7H4BrClFNO2. The van der Waals surface area contributed by atoms with Gasteiger partial charge in [0.1, 0.15) is 10.7 Å². The Hall–Kier alpha value is -0.680. The number of hydrogen-bond donors (Lipinski definition) is 1. The molecule has 1 N–H and O–H groups in total. The molecule has 0 radical (unpaired) electrons. The third kappa shape index (κ3) is 1.81. The molecule has 0 saturated carbocycles. The smallest absolute Gasteiger partial charge is 0.340 e. The van der Waals surface area contributed by atoms with Crippen LogP contribution in [0.1, 0.15) is 16.1 Å². The molecule has 1 aromatic rings. The third-order valence-electron chi connectivity index (χ3n) is 1.42. The number of aromatic carboxylic acids is 1. The van der Waals surface area contributed by atoms with Gasteiger partial charge in [-0.2, -0.15) is 0 Å². The van der Waals surface area contributed by atoms with Gasteiger partial charge in [-0.25, -0.2) is 14.2 Å². The van der Waals surface area contributed by atoms with E-state index < -0.39 is 17.3 Å². The van der Waals surface area contributed by atoms with Crippen molar-refractivity contribution in [3.05, 3.63) is 26.7 Å². The van der Waals surface area contributed by atoms with Crippen molar-refractivity contribution in [2.45, 2.75) is 6.92 Å². The van der Waals surface area contributed by atoms with Crippen molar-refractivity contribution in [1.29, 1.82) is 0 Å². The van der Waals surface area contributed by atoms with Crippen LogP contribution in [0.5, 0.6) is 0 Å². The number of rotatable bonds is 1. The van der Waals surface area contributed by atoms with E-state index in [-0.39, 0.29) is 15.3 Å². The second-order valence-corrected chi connectivity index (χ2v) is 3.45. The van der Waals surface area contributed by atoms with E-state index in [2.05, 4.69) is 20.9 Å². The second-order valence-electron chi connectivity index (χ2n) is 2.30. The lowest BCUT2D eigenvalue weighted by atomic mass is 10.2. The standard InChI is InChI=1S/C7H4BrClFNO2/c1-2-5(10)3(7(12)13)4(8)6(9)11-2/h1H3,(H,12,13). The largest absolute Gasteiger partial charge is 0.478 e. The molecule has 0 aromatic carbocycles. The maximum atomic E-state index is 13.2. The molecule has 0 aliphatic carbocycles. The van der Waals surface area contributed by atoms with Gasteiger partial charge in [0, 0.05) is 0 Å². The molecule has 1 rings (SSSR count). The fraction of sp³-hybridized carbons (Fsp3) is 0.143. The van der Waals surface area contributed by atoms with Crippen LogP contribution in [0.25, 0.3) is 0 Å². The summed E-state index contributed by atoms with van der Waals surface area (Å²) in [6.45, 7) is 1.35. The van der Waals surface area contributed by atoms with Gasteiger partial charge in [0.25, 0.3) is 0 Å². The molecule has 3 nitrogen and oxygen atoms in total. The first-order chi connectivity index (χ1) is 5.95. The summed E-state index contributed by atoms with van der Waals surface area (Å²) in [5, 5.41) is 8.58. The highest BCUT2D eigenvalue weighted by Gasteiger charge is 2.20. The van der Waals surface area contributed by atoms with Crippen molar-refractivity contribution < 1.29 is 14.3 Å². The molecule has 1 heterocycles. The van der Waals surface area contributed by atoms with Crippen molar-refractivity contribution in [3.8, 4) is 0 Å². The minimum atomic E-state index is -1.38. The highest BCUT2D eigenvalue weighted by Crippen LogP contribution is 2.27. The second kappa shape index (κ2) is 3.59. The number of carboxylic acids is 1. The fourth-order valence-electron chi connectivity index (χ4n) is 0.814. The van der Waals surface area contributed by atoms with Crippen LogP contribution in [-0.4, -0.2) is 16.1 Å². The summed E-state index contributed by atoms with van der Waals surface area (Å²) < 4.78 is 13.1. The van der Waals surface area contributed by atoms with E-state index in [9.17, 15) is 9.18 Å². The molecule has 70 valence electrons. The van der Waals surface area contributed by atoms with Crippen LogP contribution >= 0.6 is 27.5 Å².